The number of H-pyrrole nitrogens is 1. The number of nitrogens with one attached hydrogen (secondary N) is 1. The van der Waals surface area contributed by atoms with Gasteiger partial charge in [-0.2, -0.15) is 0 Å². The SMILES string of the molecule is COC(=O)c1cc(=O)n(C2CC2)[nH]1. The molecule has 1 aromatic heterocycles. The van der Waals surface area contributed by atoms with Crippen LogP contribution >= 0.6 is 0 Å². The standard InChI is InChI=1S/C8H10N2O3/c1-13-8(12)6-4-7(11)10(9-6)5-2-3-5/h4-5,9H,2-3H2,1H3. The largest absolute Gasteiger partial charge is 0.464 e. The molecule has 2 rings (SSSR count). The fraction of sp³-hybridized carbons (Fsp3) is 0.500. The maximum Gasteiger partial charge on any atom is 0.356 e. The molecule has 1 heterocycles. The second-order valence-electron chi connectivity index (χ2n) is 3.10. The van der Waals surface area contributed by atoms with Gasteiger partial charge in [0.25, 0.3) is 5.56 Å². The van der Waals surface area contributed by atoms with Crippen LogP contribution in [0.4, 0.5) is 0 Å². The third-order valence-electron chi connectivity index (χ3n) is 2.06. The van der Waals surface area contributed by atoms with Gasteiger partial charge < -0.3 is 4.74 Å². The minimum atomic E-state index is -0.503. The van der Waals surface area contributed by atoms with E-state index in [9.17, 15) is 9.59 Å². The molecule has 0 saturated heterocycles. The van der Waals surface area contributed by atoms with E-state index in [1.54, 1.807) is 0 Å². The lowest BCUT2D eigenvalue weighted by atomic mass is 10.4. The molecule has 0 aromatic carbocycles. The molecule has 1 aliphatic carbocycles. The molecule has 0 radical (unpaired) electrons. The summed E-state index contributed by atoms with van der Waals surface area (Å²) in [5.74, 6) is -0.503. The Morgan fingerprint density at radius 1 is 1.69 bits per heavy atom. The molecule has 1 fully saturated rings. The quantitative estimate of drug-likeness (QED) is 0.669. The molecule has 1 saturated carbocycles. The first-order chi connectivity index (χ1) is 6.22. The normalized spacial score (nSPS) is 15.8. The van der Waals surface area contributed by atoms with E-state index in [1.807, 2.05) is 0 Å². The van der Waals surface area contributed by atoms with E-state index in [0.29, 0.717) is 0 Å². The Balaban J connectivity index is 2.34. The van der Waals surface area contributed by atoms with Crippen LogP contribution < -0.4 is 5.56 Å². The van der Waals surface area contributed by atoms with Gasteiger partial charge in [0, 0.05) is 6.07 Å². The smallest absolute Gasteiger partial charge is 0.356 e. The fourth-order valence-electron chi connectivity index (χ4n) is 1.23. The highest BCUT2D eigenvalue weighted by Crippen LogP contribution is 2.32. The number of rotatable bonds is 2. The van der Waals surface area contributed by atoms with Crippen molar-refractivity contribution in [2.75, 3.05) is 7.11 Å². The molecule has 0 bridgehead atoms. The molecule has 0 spiro atoms. The van der Waals surface area contributed by atoms with Crippen molar-refractivity contribution in [1.29, 1.82) is 0 Å². The summed E-state index contributed by atoms with van der Waals surface area (Å²) in [6, 6.07) is 1.52. The van der Waals surface area contributed by atoms with Crippen molar-refractivity contribution in [3.8, 4) is 0 Å². The Kier molecular flexibility index (Phi) is 1.72. The number of esters is 1. The first kappa shape index (κ1) is 8.10. The lowest BCUT2D eigenvalue weighted by Gasteiger charge is -1.96. The monoisotopic (exact) mass is 182 g/mol. The maximum atomic E-state index is 11.3. The fourth-order valence-corrected chi connectivity index (χ4v) is 1.23. The van der Waals surface area contributed by atoms with Crippen molar-refractivity contribution in [3.05, 3.63) is 22.1 Å². The molecule has 1 aromatic rings. The van der Waals surface area contributed by atoms with Crippen LogP contribution in [0.25, 0.3) is 0 Å². The van der Waals surface area contributed by atoms with Gasteiger partial charge in [-0.25, -0.2) is 9.48 Å². The molecule has 70 valence electrons. The summed E-state index contributed by atoms with van der Waals surface area (Å²) < 4.78 is 5.96. The van der Waals surface area contributed by atoms with Gasteiger partial charge in [-0.15, -0.1) is 0 Å². The van der Waals surface area contributed by atoms with Crippen LogP contribution in [-0.2, 0) is 4.74 Å². The summed E-state index contributed by atoms with van der Waals surface area (Å²) in [6.45, 7) is 0. The Morgan fingerprint density at radius 3 is 2.92 bits per heavy atom. The van der Waals surface area contributed by atoms with E-state index < -0.39 is 5.97 Å². The zero-order valence-corrected chi connectivity index (χ0v) is 7.24. The van der Waals surface area contributed by atoms with Crippen LogP contribution in [0.15, 0.2) is 10.9 Å². The molecule has 1 N–H and O–H groups in total. The molecule has 0 atom stereocenters. The second-order valence-corrected chi connectivity index (χ2v) is 3.10. The van der Waals surface area contributed by atoms with Crippen molar-refractivity contribution >= 4 is 5.97 Å². The van der Waals surface area contributed by atoms with Gasteiger partial charge in [0.05, 0.1) is 13.2 Å². The van der Waals surface area contributed by atoms with Crippen molar-refractivity contribution in [3.63, 3.8) is 0 Å². The zero-order valence-electron chi connectivity index (χ0n) is 7.24. The second kappa shape index (κ2) is 2.76. The first-order valence-electron chi connectivity index (χ1n) is 4.12. The van der Waals surface area contributed by atoms with Gasteiger partial charge >= 0.3 is 5.97 Å². The van der Waals surface area contributed by atoms with Gasteiger partial charge in [0.15, 0.2) is 0 Å². The van der Waals surface area contributed by atoms with E-state index in [1.165, 1.54) is 17.9 Å². The van der Waals surface area contributed by atoms with E-state index in [0.717, 1.165) is 12.8 Å². The average Bonchev–Trinajstić information content (AvgIpc) is 2.89. The van der Waals surface area contributed by atoms with Gasteiger partial charge in [0.2, 0.25) is 0 Å². The number of nitrogens with zero attached hydrogens (tertiary/aromatic N) is 1. The topological polar surface area (TPSA) is 64.1 Å². The predicted octanol–water partition coefficient (Wildman–Crippen LogP) is 0.298. The van der Waals surface area contributed by atoms with Crippen LogP contribution in [0.5, 0.6) is 0 Å². The van der Waals surface area contributed by atoms with Gasteiger partial charge in [0.1, 0.15) is 5.69 Å². The van der Waals surface area contributed by atoms with Crippen molar-refractivity contribution in [2.24, 2.45) is 0 Å². The summed E-state index contributed by atoms with van der Waals surface area (Å²) in [5.41, 5.74) is 0.0577. The summed E-state index contributed by atoms with van der Waals surface area (Å²) in [4.78, 5) is 22.3. The number of hydrogen-bond acceptors (Lipinski definition) is 3. The Bertz CT molecular complexity index is 386. The van der Waals surface area contributed by atoms with E-state index >= 15 is 0 Å². The number of hydrogen-bond donors (Lipinski definition) is 1. The molecule has 0 unspecified atom stereocenters. The number of ether oxygens (including phenoxy) is 1. The highest BCUT2D eigenvalue weighted by atomic mass is 16.5. The van der Waals surface area contributed by atoms with E-state index in [-0.39, 0.29) is 17.3 Å². The van der Waals surface area contributed by atoms with Crippen molar-refractivity contribution in [2.45, 2.75) is 18.9 Å². The number of methoxy groups -OCH3 is 1. The van der Waals surface area contributed by atoms with Crippen LogP contribution in [0, 0.1) is 0 Å². The summed E-state index contributed by atoms with van der Waals surface area (Å²) in [6.07, 6.45) is 2.00. The van der Waals surface area contributed by atoms with Gasteiger partial charge in [-0.3, -0.25) is 9.89 Å². The predicted molar refractivity (Wildman–Crippen MR) is 44.7 cm³/mol. The van der Waals surface area contributed by atoms with E-state index in [4.69, 9.17) is 0 Å². The Labute approximate surface area is 74.3 Å². The molecule has 0 aliphatic heterocycles. The summed E-state index contributed by atoms with van der Waals surface area (Å²) in [7, 11) is 1.29. The van der Waals surface area contributed by atoms with Crippen molar-refractivity contribution < 1.29 is 9.53 Å². The molecular weight excluding hydrogens is 172 g/mol. The average molecular weight is 182 g/mol. The minimum Gasteiger partial charge on any atom is -0.464 e. The highest BCUT2D eigenvalue weighted by Gasteiger charge is 2.26. The van der Waals surface area contributed by atoms with Crippen LogP contribution in [0.3, 0.4) is 0 Å². The third kappa shape index (κ3) is 1.37. The minimum absolute atomic E-state index is 0.164. The lowest BCUT2D eigenvalue weighted by Crippen LogP contribution is -2.13. The van der Waals surface area contributed by atoms with E-state index in [2.05, 4.69) is 9.84 Å². The Hall–Kier alpha value is -1.52. The molecular formula is C8H10N2O3. The zero-order chi connectivity index (χ0) is 9.42. The van der Waals surface area contributed by atoms with Crippen LogP contribution in [0.1, 0.15) is 29.4 Å². The molecule has 1 aliphatic rings. The Morgan fingerprint density at radius 2 is 2.38 bits per heavy atom. The maximum absolute atomic E-state index is 11.3. The molecule has 0 amide bonds. The molecule has 13 heavy (non-hydrogen) atoms. The number of aromatic amines is 1. The number of carbonyl (C=O) groups excluding carboxylic acids is 1. The number of aromatic nitrogens is 2. The van der Waals surface area contributed by atoms with Crippen LogP contribution in [0.2, 0.25) is 0 Å². The van der Waals surface area contributed by atoms with Crippen LogP contribution in [-0.4, -0.2) is 22.9 Å². The van der Waals surface area contributed by atoms with Gasteiger partial charge in [-0.1, -0.05) is 0 Å². The molecule has 5 nitrogen and oxygen atoms in total. The summed E-state index contributed by atoms with van der Waals surface area (Å²) in [5, 5.41) is 2.72. The van der Waals surface area contributed by atoms with Crippen molar-refractivity contribution in [1.82, 2.24) is 9.78 Å². The molecule has 5 heteroatoms. The third-order valence-corrected chi connectivity index (χ3v) is 2.06. The lowest BCUT2D eigenvalue weighted by molar-refractivity contribution is 0.0593. The summed E-state index contributed by atoms with van der Waals surface area (Å²) >= 11 is 0. The first-order valence-corrected chi connectivity index (χ1v) is 4.12. The highest BCUT2D eigenvalue weighted by molar-refractivity contribution is 5.86. The van der Waals surface area contributed by atoms with Gasteiger partial charge in [-0.05, 0) is 12.8 Å². The number of carbonyl (C=O) groups is 1.